The monoisotopic (exact) mass is 128 g/mol. The van der Waals surface area contributed by atoms with Gasteiger partial charge in [0.2, 0.25) is 0 Å². The first-order chi connectivity index (χ1) is 4.36. The quantitative estimate of drug-likeness (QED) is 0.498. The molecule has 0 saturated carbocycles. The lowest BCUT2D eigenvalue weighted by Crippen LogP contribution is -1.80. The van der Waals surface area contributed by atoms with Gasteiger partial charge in [0.05, 0.1) is 24.6 Å². The highest BCUT2D eigenvalue weighted by Crippen LogP contribution is 1.97. The molecule has 0 atom stereocenters. The summed E-state index contributed by atoms with van der Waals surface area (Å²) >= 11 is 0. The van der Waals surface area contributed by atoms with Gasteiger partial charge in [0.15, 0.2) is 0 Å². The molecule has 0 bridgehead atoms. The molecule has 0 radical (unpaired) electrons. The molecule has 0 unspecified atom stereocenters. The summed E-state index contributed by atoms with van der Waals surface area (Å²) in [6, 6.07) is 1.61. The Kier molecular flexibility index (Phi) is 1.81. The fourth-order valence-corrected chi connectivity index (χ4v) is 0.571. The van der Waals surface area contributed by atoms with Gasteiger partial charge in [-0.15, -0.1) is 0 Å². The first-order valence-corrected chi connectivity index (χ1v) is 2.61. The SMILES string of the molecule is OCc1cc(CO)[nH]n1. The van der Waals surface area contributed by atoms with Crippen molar-refractivity contribution in [2.45, 2.75) is 13.2 Å². The van der Waals surface area contributed by atoms with Crippen molar-refractivity contribution in [3.8, 4) is 0 Å². The molecule has 3 N–H and O–H groups in total. The van der Waals surface area contributed by atoms with Crippen LogP contribution in [0.5, 0.6) is 0 Å². The van der Waals surface area contributed by atoms with Gasteiger partial charge in [0.1, 0.15) is 0 Å². The summed E-state index contributed by atoms with van der Waals surface area (Å²) in [5, 5.41) is 23.2. The zero-order valence-corrected chi connectivity index (χ0v) is 4.83. The first-order valence-electron chi connectivity index (χ1n) is 2.61. The molecule has 1 rings (SSSR count). The van der Waals surface area contributed by atoms with E-state index >= 15 is 0 Å². The Morgan fingerprint density at radius 2 is 2.22 bits per heavy atom. The Labute approximate surface area is 52.1 Å². The summed E-state index contributed by atoms with van der Waals surface area (Å²) < 4.78 is 0. The fraction of sp³-hybridized carbons (Fsp3) is 0.400. The van der Waals surface area contributed by atoms with Crippen LogP contribution in [0.4, 0.5) is 0 Å². The van der Waals surface area contributed by atoms with Crippen molar-refractivity contribution in [1.29, 1.82) is 0 Å². The number of H-pyrrole nitrogens is 1. The molecule has 0 saturated heterocycles. The molecule has 0 aliphatic rings. The average molecular weight is 128 g/mol. The Hall–Kier alpha value is -0.870. The van der Waals surface area contributed by atoms with Crippen molar-refractivity contribution in [2.75, 3.05) is 0 Å². The summed E-state index contributed by atoms with van der Waals surface area (Å²) in [6.07, 6.45) is 0. The minimum atomic E-state index is -0.0868. The van der Waals surface area contributed by atoms with Gasteiger partial charge in [-0.2, -0.15) is 5.10 Å². The highest BCUT2D eigenvalue weighted by molar-refractivity contribution is 5.05. The van der Waals surface area contributed by atoms with Crippen molar-refractivity contribution in [3.05, 3.63) is 17.5 Å². The standard InChI is InChI=1S/C5H8N2O2/c8-2-4-1-5(3-9)7-6-4/h1,8-9H,2-3H2,(H,6,7). The highest BCUT2D eigenvalue weighted by Gasteiger charge is 1.95. The molecule has 0 aromatic carbocycles. The molecule has 1 heterocycles. The number of hydrogen-bond donors (Lipinski definition) is 3. The van der Waals surface area contributed by atoms with Crippen LogP contribution in [0.25, 0.3) is 0 Å². The minimum absolute atomic E-state index is 0.0625. The Balaban J connectivity index is 2.74. The molecule has 50 valence electrons. The number of aromatic nitrogens is 2. The van der Waals surface area contributed by atoms with E-state index in [1.54, 1.807) is 6.07 Å². The van der Waals surface area contributed by atoms with Gasteiger partial charge in [0.25, 0.3) is 0 Å². The third-order valence-electron chi connectivity index (χ3n) is 1.02. The normalized spacial score (nSPS) is 10.0. The summed E-state index contributed by atoms with van der Waals surface area (Å²) in [5.41, 5.74) is 1.18. The number of hydrogen-bond acceptors (Lipinski definition) is 3. The lowest BCUT2D eigenvalue weighted by molar-refractivity contribution is 0.275. The molecular weight excluding hydrogens is 120 g/mol. The van der Waals surface area contributed by atoms with E-state index in [1.165, 1.54) is 0 Å². The second-order valence-corrected chi connectivity index (χ2v) is 1.70. The lowest BCUT2D eigenvalue weighted by atomic mass is 10.4. The maximum atomic E-state index is 8.49. The summed E-state index contributed by atoms with van der Waals surface area (Å²) in [7, 11) is 0. The number of rotatable bonds is 2. The van der Waals surface area contributed by atoms with Crippen LogP contribution in [-0.2, 0) is 13.2 Å². The van der Waals surface area contributed by atoms with Crippen LogP contribution in [0.15, 0.2) is 6.07 Å². The zero-order valence-electron chi connectivity index (χ0n) is 4.83. The van der Waals surface area contributed by atoms with Crippen LogP contribution >= 0.6 is 0 Å². The summed E-state index contributed by atoms with van der Waals surface area (Å²) in [6.45, 7) is -0.149. The number of nitrogens with zero attached hydrogens (tertiary/aromatic N) is 1. The molecule has 1 aromatic heterocycles. The van der Waals surface area contributed by atoms with E-state index in [0.717, 1.165) is 0 Å². The number of nitrogens with one attached hydrogen (secondary N) is 1. The molecule has 0 fully saturated rings. The molecule has 4 nitrogen and oxygen atoms in total. The summed E-state index contributed by atoms with van der Waals surface area (Å²) in [4.78, 5) is 0. The smallest absolute Gasteiger partial charge is 0.0880 e. The number of aliphatic hydroxyl groups is 2. The van der Waals surface area contributed by atoms with Crippen LogP contribution in [-0.4, -0.2) is 20.4 Å². The third-order valence-corrected chi connectivity index (χ3v) is 1.02. The van der Waals surface area contributed by atoms with Crippen molar-refractivity contribution in [1.82, 2.24) is 10.2 Å². The second kappa shape index (κ2) is 2.61. The van der Waals surface area contributed by atoms with Gasteiger partial charge in [-0.1, -0.05) is 0 Å². The minimum Gasteiger partial charge on any atom is -0.390 e. The zero-order chi connectivity index (χ0) is 6.69. The average Bonchev–Trinajstić information content (AvgIpc) is 2.34. The van der Waals surface area contributed by atoms with Crippen LogP contribution in [0.3, 0.4) is 0 Å². The molecular formula is C5H8N2O2. The van der Waals surface area contributed by atoms with Gasteiger partial charge < -0.3 is 10.2 Å². The van der Waals surface area contributed by atoms with E-state index < -0.39 is 0 Å². The largest absolute Gasteiger partial charge is 0.390 e. The van der Waals surface area contributed by atoms with Gasteiger partial charge in [-0.3, -0.25) is 5.10 Å². The second-order valence-electron chi connectivity index (χ2n) is 1.70. The van der Waals surface area contributed by atoms with E-state index in [1.807, 2.05) is 0 Å². The van der Waals surface area contributed by atoms with Crippen molar-refractivity contribution >= 4 is 0 Å². The van der Waals surface area contributed by atoms with Crippen molar-refractivity contribution in [3.63, 3.8) is 0 Å². The van der Waals surface area contributed by atoms with Crippen molar-refractivity contribution in [2.24, 2.45) is 0 Å². The molecule has 0 aliphatic carbocycles. The van der Waals surface area contributed by atoms with E-state index in [-0.39, 0.29) is 13.2 Å². The Morgan fingerprint density at radius 1 is 1.44 bits per heavy atom. The lowest BCUT2D eigenvalue weighted by Gasteiger charge is -1.80. The van der Waals surface area contributed by atoms with E-state index in [0.29, 0.717) is 11.4 Å². The summed E-state index contributed by atoms with van der Waals surface area (Å²) in [5.74, 6) is 0. The maximum absolute atomic E-state index is 8.49. The van der Waals surface area contributed by atoms with Crippen LogP contribution in [0.1, 0.15) is 11.4 Å². The maximum Gasteiger partial charge on any atom is 0.0880 e. The Morgan fingerprint density at radius 3 is 2.56 bits per heavy atom. The van der Waals surface area contributed by atoms with Crippen LogP contribution in [0.2, 0.25) is 0 Å². The molecule has 0 amide bonds. The number of aromatic amines is 1. The predicted molar refractivity (Wildman–Crippen MR) is 30.4 cm³/mol. The van der Waals surface area contributed by atoms with Crippen LogP contribution < -0.4 is 0 Å². The molecule has 0 spiro atoms. The van der Waals surface area contributed by atoms with E-state index in [2.05, 4.69) is 10.2 Å². The topological polar surface area (TPSA) is 69.1 Å². The fourth-order valence-electron chi connectivity index (χ4n) is 0.571. The van der Waals surface area contributed by atoms with E-state index in [4.69, 9.17) is 10.2 Å². The van der Waals surface area contributed by atoms with Gasteiger partial charge >= 0.3 is 0 Å². The molecule has 4 heteroatoms. The molecule has 0 aliphatic heterocycles. The highest BCUT2D eigenvalue weighted by atomic mass is 16.3. The van der Waals surface area contributed by atoms with Gasteiger partial charge in [-0.05, 0) is 6.07 Å². The molecule has 1 aromatic rings. The van der Waals surface area contributed by atoms with Gasteiger partial charge in [0, 0.05) is 0 Å². The Bertz CT molecular complexity index is 166. The van der Waals surface area contributed by atoms with Crippen molar-refractivity contribution < 1.29 is 10.2 Å². The predicted octanol–water partition coefficient (Wildman–Crippen LogP) is -0.606. The number of aliphatic hydroxyl groups excluding tert-OH is 2. The van der Waals surface area contributed by atoms with Crippen LogP contribution in [0, 0.1) is 0 Å². The van der Waals surface area contributed by atoms with Gasteiger partial charge in [-0.25, -0.2) is 0 Å². The third kappa shape index (κ3) is 1.28. The van der Waals surface area contributed by atoms with E-state index in [9.17, 15) is 0 Å². The first kappa shape index (κ1) is 6.25. The molecule has 9 heavy (non-hydrogen) atoms.